The highest BCUT2D eigenvalue weighted by Crippen LogP contribution is 2.14. The molecule has 0 fully saturated rings. The van der Waals surface area contributed by atoms with Gasteiger partial charge < -0.3 is 0 Å². The minimum Gasteiger partial charge on any atom is -0.274 e. The SMILES string of the molecule is CSc1nsc(=O)n1C(C)C. The monoisotopic (exact) mass is 190 g/mol. The van der Waals surface area contributed by atoms with Gasteiger partial charge in [0.25, 0.3) is 0 Å². The highest BCUT2D eigenvalue weighted by molar-refractivity contribution is 7.98. The molecule has 0 N–H and O–H groups in total. The van der Waals surface area contributed by atoms with Gasteiger partial charge in [0.2, 0.25) is 0 Å². The second-order valence-electron chi connectivity index (χ2n) is 2.40. The van der Waals surface area contributed by atoms with Crippen molar-refractivity contribution in [3.8, 4) is 0 Å². The van der Waals surface area contributed by atoms with Crippen LogP contribution in [0.5, 0.6) is 0 Å². The number of hydrogen-bond acceptors (Lipinski definition) is 4. The van der Waals surface area contributed by atoms with Gasteiger partial charge in [-0.3, -0.25) is 9.36 Å². The van der Waals surface area contributed by atoms with Gasteiger partial charge in [-0.25, -0.2) is 0 Å². The number of aromatic nitrogens is 2. The van der Waals surface area contributed by atoms with Crippen molar-refractivity contribution in [3.63, 3.8) is 0 Å². The molecule has 0 aliphatic carbocycles. The maximum absolute atomic E-state index is 11.1. The molecule has 1 rings (SSSR count). The van der Waals surface area contributed by atoms with Crippen molar-refractivity contribution in [1.29, 1.82) is 0 Å². The first-order valence-corrected chi connectivity index (χ1v) is 5.29. The van der Waals surface area contributed by atoms with E-state index in [0.717, 1.165) is 16.7 Å². The Morgan fingerprint density at radius 3 is 2.64 bits per heavy atom. The lowest BCUT2D eigenvalue weighted by Crippen LogP contribution is -2.15. The largest absolute Gasteiger partial charge is 0.327 e. The van der Waals surface area contributed by atoms with Gasteiger partial charge in [0.1, 0.15) is 0 Å². The van der Waals surface area contributed by atoms with Gasteiger partial charge in [-0.2, -0.15) is 4.37 Å². The van der Waals surface area contributed by atoms with Gasteiger partial charge in [0.15, 0.2) is 5.16 Å². The molecule has 0 radical (unpaired) electrons. The second-order valence-corrected chi connectivity index (χ2v) is 3.89. The van der Waals surface area contributed by atoms with Crippen LogP contribution in [0.2, 0.25) is 0 Å². The Balaban J connectivity index is 3.18. The molecule has 1 aromatic heterocycles. The lowest BCUT2D eigenvalue weighted by atomic mass is 10.4. The maximum atomic E-state index is 11.1. The first kappa shape index (κ1) is 8.80. The summed E-state index contributed by atoms with van der Waals surface area (Å²) < 4.78 is 5.71. The molecular weight excluding hydrogens is 180 g/mol. The molecule has 0 saturated carbocycles. The van der Waals surface area contributed by atoms with Gasteiger partial charge >= 0.3 is 4.87 Å². The molecule has 0 aromatic carbocycles. The summed E-state index contributed by atoms with van der Waals surface area (Å²) in [6.07, 6.45) is 1.92. The van der Waals surface area contributed by atoms with Crippen molar-refractivity contribution in [3.05, 3.63) is 9.67 Å². The van der Waals surface area contributed by atoms with E-state index < -0.39 is 0 Å². The zero-order chi connectivity index (χ0) is 8.43. The van der Waals surface area contributed by atoms with Crippen molar-refractivity contribution < 1.29 is 0 Å². The predicted octanol–water partition coefficient (Wildman–Crippen LogP) is 1.61. The van der Waals surface area contributed by atoms with E-state index in [4.69, 9.17) is 0 Å². The fourth-order valence-electron chi connectivity index (χ4n) is 0.811. The Hall–Kier alpha value is -0.290. The fraction of sp³-hybridized carbons (Fsp3) is 0.667. The Labute approximate surface area is 73.6 Å². The van der Waals surface area contributed by atoms with E-state index in [1.165, 1.54) is 11.8 Å². The number of hydrogen-bond donors (Lipinski definition) is 0. The van der Waals surface area contributed by atoms with Gasteiger partial charge in [-0.15, -0.1) is 0 Å². The van der Waals surface area contributed by atoms with Gasteiger partial charge in [-0.05, 0) is 20.1 Å². The standard InChI is InChI=1S/C6H10N2OS2/c1-4(2)8-5(10-3)7-11-6(8)9/h4H,1-3H3. The molecule has 0 atom stereocenters. The third-order valence-electron chi connectivity index (χ3n) is 1.30. The van der Waals surface area contributed by atoms with Crippen LogP contribution in [0.15, 0.2) is 9.95 Å². The van der Waals surface area contributed by atoms with Crippen LogP contribution in [0, 0.1) is 0 Å². The molecule has 5 heteroatoms. The van der Waals surface area contributed by atoms with E-state index in [1.807, 2.05) is 20.1 Å². The minimum absolute atomic E-state index is 0.0318. The molecule has 0 unspecified atom stereocenters. The van der Waals surface area contributed by atoms with Crippen LogP contribution in [-0.2, 0) is 0 Å². The maximum Gasteiger partial charge on any atom is 0.327 e. The van der Waals surface area contributed by atoms with E-state index >= 15 is 0 Å². The summed E-state index contributed by atoms with van der Waals surface area (Å²) in [6.45, 7) is 3.96. The molecule has 0 aliphatic rings. The molecule has 62 valence electrons. The van der Waals surface area contributed by atoms with Gasteiger partial charge in [-0.1, -0.05) is 11.8 Å². The third-order valence-corrected chi connectivity index (χ3v) is 2.69. The van der Waals surface area contributed by atoms with Crippen molar-refractivity contribution in [2.24, 2.45) is 0 Å². The Bertz CT molecular complexity index is 289. The van der Waals surface area contributed by atoms with Crippen LogP contribution in [0.1, 0.15) is 19.9 Å². The van der Waals surface area contributed by atoms with E-state index in [0.29, 0.717) is 0 Å². The molecule has 3 nitrogen and oxygen atoms in total. The Morgan fingerprint density at radius 1 is 1.64 bits per heavy atom. The average molecular weight is 190 g/mol. The lowest BCUT2D eigenvalue weighted by molar-refractivity contribution is 0.536. The molecule has 0 aliphatic heterocycles. The van der Waals surface area contributed by atoms with Crippen LogP contribution in [-0.4, -0.2) is 15.2 Å². The van der Waals surface area contributed by atoms with Crippen LogP contribution >= 0.6 is 23.3 Å². The Kier molecular flexibility index (Phi) is 2.72. The number of rotatable bonds is 2. The average Bonchev–Trinajstić information content (AvgIpc) is 2.30. The lowest BCUT2D eigenvalue weighted by Gasteiger charge is -2.06. The molecule has 0 bridgehead atoms. The second kappa shape index (κ2) is 3.40. The van der Waals surface area contributed by atoms with Crippen LogP contribution < -0.4 is 4.87 Å². The van der Waals surface area contributed by atoms with E-state index in [2.05, 4.69) is 4.37 Å². The summed E-state index contributed by atoms with van der Waals surface area (Å²) in [5.74, 6) is 0. The summed E-state index contributed by atoms with van der Waals surface area (Å²) in [5, 5.41) is 0.815. The molecular formula is C6H10N2OS2. The highest BCUT2D eigenvalue weighted by atomic mass is 32.2. The van der Waals surface area contributed by atoms with E-state index in [1.54, 1.807) is 4.57 Å². The first-order valence-electron chi connectivity index (χ1n) is 3.29. The van der Waals surface area contributed by atoms with Crippen LogP contribution in [0.25, 0.3) is 0 Å². The minimum atomic E-state index is 0.0318. The topological polar surface area (TPSA) is 34.9 Å². The highest BCUT2D eigenvalue weighted by Gasteiger charge is 2.09. The third kappa shape index (κ3) is 1.65. The summed E-state index contributed by atoms with van der Waals surface area (Å²) in [6, 6.07) is 0.212. The molecule has 0 spiro atoms. The van der Waals surface area contributed by atoms with Crippen molar-refractivity contribution in [2.45, 2.75) is 25.0 Å². The molecule has 0 saturated heterocycles. The quantitative estimate of drug-likeness (QED) is 0.664. The van der Waals surface area contributed by atoms with Gasteiger partial charge in [0.05, 0.1) is 0 Å². The normalized spacial score (nSPS) is 10.9. The van der Waals surface area contributed by atoms with Crippen LogP contribution in [0.4, 0.5) is 0 Å². The predicted molar refractivity (Wildman–Crippen MR) is 48.5 cm³/mol. The van der Waals surface area contributed by atoms with Crippen LogP contribution in [0.3, 0.4) is 0 Å². The summed E-state index contributed by atoms with van der Waals surface area (Å²) >= 11 is 2.53. The van der Waals surface area contributed by atoms with E-state index in [9.17, 15) is 4.79 Å². The summed E-state index contributed by atoms with van der Waals surface area (Å²) in [4.78, 5) is 11.2. The zero-order valence-corrected chi connectivity index (χ0v) is 8.33. The smallest absolute Gasteiger partial charge is 0.274 e. The molecule has 0 amide bonds. The molecule has 1 aromatic rings. The van der Waals surface area contributed by atoms with E-state index in [-0.39, 0.29) is 10.9 Å². The number of nitrogens with zero attached hydrogens (tertiary/aromatic N) is 2. The van der Waals surface area contributed by atoms with Crippen molar-refractivity contribution in [2.75, 3.05) is 6.26 Å². The first-order chi connectivity index (χ1) is 5.16. The molecule has 1 heterocycles. The number of thioether (sulfide) groups is 1. The summed E-state index contributed by atoms with van der Waals surface area (Å²) in [7, 11) is 0. The van der Waals surface area contributed by atoms with Gasteiger partial charge in [0, 0.05) is 17.6 Å². The fourth-order valence-corrected chi connectivity index (χ4v) is 2.40. The Morgan fingerprint density at radius 2 is 2.27 bits per heavy atom. The molecule has 11 heavy (non-hydrogen) atoms. The van der Waals surface area contributed by atoms with Crippen molar-refractivity contribution >= 4 is 23.3 Å². The van der Waals surface area contributed by atoms with Crippen molar-refractivity contribution in [1.82, 2.24) is 8.94 Å². The summed E-state index contributed by atoms with van der Waals surface area (Å²) in [5.41, 5.74) is 0. The zero-order valence-electron chi connectivity index (χ0n) is 6.70.